The Hall–Kier alpha value is -3.38. The van der Waals surface area contributed by atoms with Crippen LogP contribution in [0.1, 0.15) is 11.4 Å². The van der Waals surface area contributed by atoms with Crippen LogP contribution < -0.4 is 0 Å². The third kappa shape index (κ3) is 2.37. The number of para-hydroxylation sites is 2. The standard InChI is InChI=1S/C20H13N3/c21-13-16(20-22-18-10-3-4-11-19(18)23-20)12-15-8-5-7-14-6-1-2-9-17(14)15/h1-12H,(H,22,23)/b16-12-. The molecule has 0 aliphatic carbocycles. The molecule has 0 aliphatic heterocycles. The van der Waals surface area contributed by atoms with Gasteiger partial charge in [0.2, 0.25) is 0 Å². The average molecular weight is 295 g/mol. The molecule has 1 N–H and O–H groups in total. The van der Waals surface area contributed by atoms with E-state index in [0.29, 0.717) is 11.4 Å². The molecule has 0 unspecified atom stereocenters. The zero-order chi connectivity index (χ0) is 15.6. The number of benzene rings is 3. The van der Waals surface area contributed by atoms with Crippen molar-refractivity contribution in [3.8, 4) is 6.07 Å². The van der Waals surface area contributed by atoms with Crippen molar-refractivity contribution < 1.29 is 0 Å². The topological polar surface area (TPSA) is 52.5 Å². The molecule has 4 rings (SSSR count). The van der Waals surface area contributed by atoms with E-state index in [0.717, 1.165) is 27.4 Å². The Balaban J connectivity index is 1.88. The maximum absolute atomic E-state index is 9.56. The van der Waals surface area contributed by atoms with E-state index in [-0.39, 0.29) is 0 Å². The second-order valence-electron chi connectivity index (χ2n) is 5.34. The van der Waals surface area contributed by atoms with Gasteiger partial charge in [0.25, 0.3) is 0 Å². The predicted octanol–water partition coefficient (Wildman–Crippen LogP) is 4.78. The molecule has 0 atom stereocenters. The summed E-state index contributed by atoms with van der Waals surface area (Å²) in [6.45, 7) is 0. The van der Waals surface area contributed by atoms with E-state index in [1.807, 2.05) is 54.6 Å². The maximum Gasteiger partial charge on any atom is 0.149 e. The number of fused-ring (bicyclic) bond motifs is 2. The van der Waals surface area contributed by atoms with Crippen LogP contribution in [0.5, 0.6) is 0 Å². The molecule has 108 valence electrons. The number of aromatic amines is 1. The summed E-state index contributed by atoms with van der Waals surface area (Å²) >= 11 is 0. The second kappa shape index (κ2) is 5.43. The lowest BCUT2D eigenvalue weighted by atomic mass is 10.0. The van der Waals surface area contributed by atoms with Gasteiger partial charge in [-0.3, -0.25) is 0 Å². The van der Waals surface area contributed by atoms with E-state index >= 15 is 0 Å². The minimum absolute atomic E-state index is 0.526. The fraction of sp³-hybridized carbons (Fsp3) is 0. The van der Waals surface area contributed by atoms with Gasteiger partial charge in [-0.25, -0.2) is 4.98 Å². The Morgan fingerprint density at radius 3 is 2.61 bits per heavy atom. The largest absolute Gasteiger partial charge is 0.337 e. The minimum atomic E-state index is 0.526. The van der Waals surface area contributed by atoms with Gasteiger partial charge >= 0.3 is 0 Å². The second-order valence-corrected chi connectivity index (χ2v) is 5.34. The van der Waals surface area contributed by atoms with Crippen molar-refractivity contribution in [3.05, 3.63) is 78.1 Å². The normalized spacial score (nSPS) is 11.7. The summed E-state index contributed by atoms with van der Waals surface area (Å²) in [5.74, 6) is 0.599. The van der Waals surface area contributed by atoms with Gasteiger partial charge in [-0.2, -0.15) is 5.26 Å². The fourth-order valence-corrected chi connectivity index (χ4v) is 2.77. The third-order valence-corrected chi connectivity index (χ3v) is 3.89. The van der Waals surface area contributed by atoms with Gasteiger partial charge in [-0.1, -0.05) is 54.6 Å². The van der Waals surface area contributed by atoms with Crippen molar-refractivity contribution in [2.75, 3.05) is 0 Å². The van der Waals surface area contributed by atoms with Crippen molar-refractivity contribution in [1.82, 2.24) is 9.97 Å². The summed E-state index contributed by atoms with van der Waals surface area (Å²) in [4.78, 5) is 7.73. The molecule has 0 amide bonds. The molecule has 1 aromatic heterocycles. The summed E-state index contributed by atoms with van der Waals surface area (Å²) in [5.41, 5.74) is 3.33. The highest BCUT2D eigenvalue weighted by atomic mass is 14.9. The van der Waals surface area contributed by atoms with E-state index < -0.39 is 0 Å². The van der Waals surface area contributed by atoms with Gasteiger partial charge in [0.05, 0.1) is 16.6 Å². The molecule has 1 heterocycles. The lowest BCUT2D eigenvalue weighted by molar-refractivity contribution is 1.27. The van der Waals surface area contributed by atoms with E-state index in [1.165, 1.54) is 0 Å². The van der Waals surface area contributed by atoms with Crippen molar-refractivity contribution in [2.24, 2.45) is 0 Å². The van der Waals surface area contributed by atoms with Gasteiger partial charge in [-0.15, -0.1) is 0 Å². The molecule has 4 aromatic rings. The number of nitrogens with zero attached hydrogens (tertiary/aromatic N) is 2. The number of aromatic nitrogens is 2. The van der Waals surface area contributed by atoms with Gasteiger partial charge in [-0.05, 0) is 34.5 Å². The molecule has 0 aliphatic rings. The van der Waals surface area contributed by atoms with Crippen LogP contribution in [0.4, 0.5) is 0 Å². The smallest absolute Gasteiger partial charge is 0.149 e. The van der Waals surface area contributed by atoms with Gasteiger partial charge in [0.1, 0.15) is 11.9 Å². The molecule has 0 saturated carbocycles. The first kappa shape index (κ1) is 13.3. The van der Waals surface area contributed by atoms with Crippen molar-refractivity contribution in [1.29, 1.82) is 5.26 Å². The summed E-state index contributed by atoms with van der Waals surface area (Å²) < 4.78 is 0. The maximum atomic E-state index is 9.56. The Labute approximate surface area is 133 Å². The number of allylic oxidation sites excluding steroid dienone is 1. The summed E-state index contributed by atoms with van der Waals surface area (Å²) in [6, 6.07) is 24.3. The molecule has 0 fully saturated rings. The van der Waals surface area contributed by atoms with E-state index in [1.54, 1.807) is 0 Å². The summed E-state index contributed by atoms with van der Waals surface area (Å²) in [7, 11) is 0. The van der Waals surface area contributed by atoms with Gasteiger partial charge in [0, 0.05) is 0 Å². The number of H-pyrrole nitrogens is 1. The number of nitrogens with one attached hydrogen (secondary N) is 1. The fourth-order valence-electron chi connectivity index (χ4n) is 2.77. The SMILES string of the molecule is N#C/C(=C/c1cccc2ccccc12)c1nc2ccccc2[nH]1. The molecule has 3 heteroatoms. The summed E-state index contributed by atoms with van der Waals surface area (Å²) in [5, 5.41) is 11.8. The van der Waals surface area contributed by atoms with E-state index in [9.17, 15) is 5.26 Å². The first-order chi connectivity index (χ1) is 11.3. The Morgan fingerprint density at radius 1 is 0.957 bits per heavy atom. The highest BCUT2D eigenvalue weighted by Gasteiger charge is 2.08. The molecule has 0 bridgehead atoms. The molecular weight excluding hydrogens is 282 g/mol. The van der Waals surface area contributed by atoms with Crippen LogP contribution in [-0.2, 0) is 0 Å². The quantitative estimate of drug-likeness (QED) is 0.541. The number of hydrogen-bond acceptors (Lipinski definition) is 2. The highest BCUT2D eigenvalue weighted by Crippen LogP contribution is 2.24. The Bertz CT molecular complexity index is 1040. The average Bonchev–Trinajstić information content (AvgIpc) is 3.03. The predicted molar refractivity (Wildman–Crippen MR) is 93.5 cm³/mol. The van der Waals surface area contributed by atoms with E-state index in [4.69, 9.17) is 0 Å². The molecular formula is C20H13N3. The molecule has 0 saturated heterocycles. The number of nitriles is 1. The number of hydrogen-bond donors (Lipinski definition) is 1. The Kier molecular flexibility index (Phi) is 3.14. The van der Waals surface area contributed by atoms with Crippen molar-refractivity contribution in [3.63, 3.8) is 0 Å². The third-order valence-electron chi connectivity index (χ3n) is 3.89. The number of imidazole rings is 1. The first-order valence-corrected chi connectivity index (χ1v) is 7.40. The minimum Gasteiger partial charge on any atom is -0.337 e. The van der Waals surface area contributed by atoms with Gasteiger partial charge in [0.15, 0.2) is 0 Å². The summed E-state index contributed by atoms with van der Waals surface area (Å²) in [6.07, 6.45) is 1.89. The van der Waals surface area contributed by atoms with Crippen LogP contribution in [0.15, 0.2) is 66.7 Å². The van der Waals surface area contributed by atoms with Crippen molar-refractivity contribution in [2.45, 2.75) is 0 Å². The Morgan fingerprint density at radius 2 is 1.74 bits per heavy atom. The monoisotopic (exact) mass is 295 g/mol. The zero-order valence-corrected chi connectivity index (χ0v) is 12.3. The van der Waals surface area contributed by atoms with Gasteiger partial charge < -0.3 is 4.98 Å². The van der Waals surface area contributed by atoms with Crippen LogP contribution in [0, 0.1) is 11.3 Å². The lowest BCUT2D eigenvalue weighted by Crippen LogP contribution is -1.86. The van der Waals surface area contributed by atoms with Crippen LogP contribution in [-0.4, -0.2) is 9.97 Å². The zero-order valence-electron chi connectivity index (χ0n) is 12.3. The highest BCUT2D eigenvalue weighted by molar-refractivity contribution is 5.98. The molecule has 3 aromatic carbocycles. The van der Waals surface area contributed by atoms with Crippen LogP contribution >= 0.6 is 0 Å². The first-order valence-electron chi connectivity index (χ1n) is 7.40. The molecule has 0 spiro atoms. The van der Waals surface area contributed by atoms with Crippen molar-refractivity contribution >= 4 is 33.5 Å². The molecule has 3 nitrogen and oxygen atoms in total. The lowest BCUT2D eigenvalue weighted by Gasteiger charge is -2.02. The molecule has 0 radical (unpaired) electrons. The molecule has 23 heavy (non-hydrogen) atoms. The number of rotatable bonds is 2. The van der Waals surface area contributed by atoms with Crippen LogP contribution in [0.3, 0.4) is 0 Å². The van der Waals surface area contributed by atoms with E-state index in [2.05, 4.69) is 34.2 Å². The van der Waals surface area contributed by atoms with Crippen LogP contribution in [0.25, 0.3) is 33.5 Å². The van der Waals surface area contributed by atoms with Crippen LogP contribution in [0.2, 0.25) is 0 Å².